The Bertz CT molecular complexity index is 1500. The third-order valence-corrected chi connectivity index (χ3v) is 6.93. The van der Waals surface area contributed by atoms with Crippen LogP contribution < -0.4 is 14.9 Å². The minimum atomic E-state index is -1.81. The van der Waals surface area contributed by atoms with Gasteiger partial charge in [-0.2, -0.15) is 0 Å². The summed E-state index contributed by atoms with van der Waals surface area (Å²) in [6.45, 7) is -1.18. The minimum Gasteiger partial charge on any atom is -0.507 e. The van der Waals surface area contributed by atoms with Crippen molar-refractivity contribution < 1.29 is 74.4 Å². The van der Waals surface area contributed by atoms with Crippen molar-refractivity contribution in [2.24, 2.45) is 0 Å². The van der Waals surface area contributed by atoms with E-state index in [9.17, 15) is 55.9 Å². The van der Waals surface area contributed by atoms with E-state index in [0.717, 1.165) is 24.3 Å². The van der Waals surface area contributed by atoms with Gasteiger partial charge in [-0.15, -0.1) is 0 Å². The van der Waals surface area contributed by atoms with Crippen molar-refractivity contribution in [2.75, 3.05) is 13.2 Å². The lowest BCUT2D eigenvalue weighted by Crippen LogP contribution is -2.60. The average Bonchev–Trinajstić information content (AvgIpc) is 2.95. The first-order chi connectivity index (χ1) is 19.9. The molecule has 10 N–H and O–H groups in total. The Morgan fingerprint density at radius 1 is 0.786 bits per heavy atom. The van der Waals surface area contributed by atoms with Crippen molar-refractivity contribution in [1.82, 2.24) is 0 Å². The van der Waals surface area contributed by atoms with Crippen LogP contribution in [-0.2, 0) is 9.47 Å². The van der Waals surface area contributed by atoms with Gasteiger partial charge in [-0.3, -0.25) is 4.79 Å². The predicted octanol–water partition coefficient (Wildman–Crippen LogP) is -2.43. The Morgan fingerprint density at radius 2 is 1.50 bits per heavy atom. The lowest BCUT2D eigenvalue weighted by Gasteiger charge is -2.39. The molecule has 1 aromatic heterocycles. The quantitative estimate of drug-likeness (QED) is 0.133. The van der Waals surface area contributed by atoms with Gasteiger partial charge in [-0.25, -0.2) is 0 Å². The molecule has 0 saturated carbocycles. The van der Waals surface area contributed by atoms with E-state index < -0.39 is 102 Å². The van der Waals surface area contributed by atoms with Gasteiger partial charge in [-0.05, 0) is 18.2 Å². The first-order valence-electron chi connectivity index (χ1n) is 12.6. The Labute approximate surface area is 235 Å². The number of rotatable bonds is 6. The van der Waals surface area contributed by atoms with Crippen LogP contribution in [0.15, 0.2) is 39.5 Å². The van der Waals surface area contributed by atoms with E-state index in [1.165, 1.54) is 6.07 Å². The summed E-state index contributed by atoms with van der Waals surface area (Å²) in [5, 5.41) is 99.9. The molecule has 0 aliphatic carbocycles. The molecule has 2 aliphatic heterocycles. The molecule has 16 heteroatoms. The molecule has 2 saturated heterocycles. The van der Waals surface area contributed by atoms with Crippen molar-refractivity contribution in [1.29, 1.82) is 0 Å². The zero-order valence-electron chi connectivity index (χ0n) is 21.4. The maximum atomic E-state index is 13.6. The number of hydrogen-bond acceptors (Lipinski definition) is 16. The maximum Gasteiger partial charge on any atom is 0.239 e. The first kappa shape index (κ1) is 29.8. The largest absolute Gasteiger partial charge is 0.507 e. The van der Waals surface area contributed by atoms with Gasteiger partial charge in [0.15, 0.2) is 17.3 Å². The second kappa shape index (κ2) is 11.5. The molecule has 228 valence electrons. The highest BCUT2D eigenvalue weighted by molar-refractivity contribution is 5.88. The average molecular weight is 596 g/mol. The fourth-order valence-electron chi connectivity index (χ4n) is 4.59. The maximum absolute atomic E-state index is 13.6. The standard InChI is InChI=1S/C26H28O16/c27-6-15-18(33)20(35)22(37)26(41-15)39-9-4-12(30)16-14(5-9)40-23(8-1-2-10(28)11(29)3-8)24(19(16)34)42-25-21(36)17(32)13(31)7-38-25/h1-5,13,15,17-18,20-22,25-33,35-37H,6-7H2/t13-,15-,17-,18-,20+,21-,22-,25-,26-/m1/s1. The molecule has 0 unspecified atom stereocenters. The van der Waals surface area contributed by atoms with Crippen LogP contribution in [0, 0.1) is 0 Å². The highest BCUT2D eigenvalue weighted by Crippen LogP contribution is 2.40. The number of ether oxygens (including phenoxy) is 4. The second-order valence-electron chi connectivity index (χ2n) is 9.79. The third-order valence-electron chi connectivity index (χ3n) is 6.93. The Hall–Kier alpha value is -3.71. The van der Waals surface area contributed by atoms with Gasteiger partial charge < -0.3 is 74.4 Å². The summed E-state index contributed by atoms with van der Waals surface area (Å²) >= 11 is 0. The van der Waals surface area contributed by atoms with Crippen LogP contribution in [0.2, 0.25) is 0 Å². The van der Waals surface area contributed by atoms with E-state index in [2.05, 4.69) is 0 Å². The van der Waals surface area contributed by atoms with E-state index in [1.807, 2.05) is 0 Å². The SMILES string of the molecule is O=c1c(O[C@H]2OC[C@@H](O)[C@@H](O)[C@H]2O)c(-c2ccc(O)c(O)c2)oc2cc(O[C@@H]3O[C@H](CO)[C@@H](O)[C@H](O)[C@H]3O)cc(O)c12. The number of fused-ring (bicyclic) bond motifs is 1. The van der Waals surface area contributed by atoms with Crippen molar-refractivity contribution in [2.45, 2.75) is 55.3 Å². The highest BCUT2D eigenvalue weighted by atomic mass is 16.7. The summed E-state index contributed by atoms with van der Waals surface area (Å²) < 4.78 is 27.5. The first-order valence-corrected chi connectivity index (χ1v) is 12.6. The molecular weight excluding hydrogens is 568 g/mol. The summed E-state index contributed by atoms with van der Waals surface area (Å²) in [6.07, 6.45) is -14.7. The van der Waals surface area contributed by atoms with E-state index >= 15 is 0 Å². The molecule has 0 amide bonds. The molecule has 3 aromatic rings. The minimum absolute atomic E-state index is 0.0232. The van der Waals surface area contributed by atoms with Crippen molar-refractivity contribution >= 4 is 11.0 Å². The van der Waals surface area contributed by atoms with Gasteiger partial charge in [0, 0.05) is 17.7 Å². The van der Waals surface area contributed by atoms with Gasteiger partial charge in [-0.1, -0.05) is 0 Å². The molecule has 0 radical (unpaired) electrons. The van der Waals surface area contributed by atoms with Gasteiger partial charge in [0.2, 0.25) is 23.8 Å². The van der Waals surface area contributed by atoms with Crippen LogP contribution in [0.25, 0.3) is 22.3 Å². The summed E-state index contributed by atoms with van der Waals surface area (Å²) in [4.78, 5) is 13.6. The van der Waals surface area contributed by atoms with Gasteiger partial charge in [0.25, 0.3) is 0 Å². The van der Waals surface area contributed by atoms with Crippen LogP contribution in [0.1, 0.15) is 0 Å². The Morgan fingerprint density at radius 3 is 2.19 bits per heavy atom. The number of benzene rings is 2. The van der Waals surface area contributed by atoms with E-state index in [4.69, 9.17) is 23.4 Å². The number of phenolic OH excluding ortho intramolecular Hbond substituents is 3. The van der Waals surface area contributed by atoms with Gasteiger partial charge in [0.1, 0.15) is 65.2 Å². The molecule has 9 atom stereocenters. The fraction of sp³-hybridized carbons (Fsp3) is 0.423. The smallest absolute Gasteiger partial charge is 0.239 e. The molecule has 5 rings (SSSR count). The lowest BCUT2D eigenvalue weighted by molar-refractivity contribution is -0.277. The van der Waals surface area contributed by atoms with Crippen molar-refractivity contribution in [3.63, 3.8) is 0 Å². The zero-order chi connectivity index (χ0) is 30.5. The third kappa shape index (κ3) is 5.31. The predicted molar refractivity (Wildman–Crippen MR) is 136 cm³/mol. The molecule has 42 heavy (non-hydrogen) atoms. The molecule has 2 aliphatic rings. The van der Waals surface area contributed by atoms with Gasteiger partial charge in [0.05, 0.1) is 13.2 Å². The molecule has 0 spiro atoms. The molecule has 16 nitrogen and oxygen atoms in total. The number of aliphatic hydroxyl groups excluding tert-OH is 7. The summed E-state index contributed by atoms with van der Waals surface area (Å²) in [7, 11) is 0. The Kier molecular flexibility index (Phi) is 8.17. The molecule has 3 heterocycles. The lowest BCUT2D eigenvalue weighted by atomic mass is 9.99. The topological polar surface area (TPSA) is 269 Å². The molecule has 2 fully saturated rings. The number of aromatic hydroxyl groups is 3. The highest BCUT2D eigenvalue weighted by Gasteiger charge is 2.45. The second-order valence-corrected chi connectivity index (χ2v) is 9.79. The number of phenols is 3. The van der Waals surface area contributed by atoms with Crippen LogP contribution in [-0.4, -0.2) is 120 Å². The van der Waals surface area contributed by atoms with Crippen LogP contribution in [0.3, 0.4) is 0 Å². The van der Waals surface area contributed by atoms with E-state index in [-0.39, 0.29) is 22.7 Å². The zero-order valence-corrected chi connectivity index (χ0v) is 21.4. The number of hydrogen-bond donors (Lipinski definition) is 10. The monoisotopic (exact) mass is 596 g/mol. The van der Waals surface area contributed by atoms with E-state index in [1.54, 1.807) is 0 Å². The molecule has 0 bridgehead atoms. The van der Waals surface area contributed by atoms with Crippen molar-refractivity contribution in [3.05, 3.63) is 40.6 Å². The summed E-state index contributed by atoms with van der Waals surface area (Å²) in [6, 6.07) is 5.41. The van der Waals surface area contributed by atoms with E-state index in [0.29, 0.717) is 0 Å². The molecule has 2 aromatic carbocycles. The number of aliphatic hydroxyl groups is 7. The normalized spacial score (nSPS) is 31.6. The van der Waals surface area contributed by atoms with Crippen molar-refractivity contribution in [3.8, 4) is 40.1 Å². The summed E-state index contributed by atoms with van der Waals surface area (Å²) in [5.74, 6) is -3.09. The Balaban J connectivity index is 1.59. The van der Waals surface area contributed by atoms with Crippen LogP contribution >= 0.6 is 0 Å². The van der Waals surface area contributed by atoms with Crippen LogP contribution in [0.5, 0.6) is 28.7 Å². The fourth-order valence-corrected chi connectivity index (χ4v) is 4.59. The molecular formula is C26H28O16. The summed E-state index contributed by atoms with van der Waals surface area (Å²) in [5.41, 5.74) is -1.35. The van der Waals surface area contributed by atoms with Gasteiger partial charge >= 0.3 is 0 Å². The van der Waals surface area contributed by atoms with Crippen LogP contribution in [0.4, 0.5) is 0 Å².